The van der Waals surface area contributed by atoms with Crippen molar-refractivity contribution in [2.45, 2.75) is 26.9 Å². The molecule has 0 saturated heterocycles. The van der Waals surface area contributed by atoms with Gasteiger partial charge in [0, 0.05) is 31.7 Å². The smallest absolute Gasteiger partial charge is 0.276 e. The Morgan fingerprint density at radius 3 is 2.62 bits per heavy atom. The Morgan fingerprint density at radius 2 is 2.00 bits per heavy atom. The number of benzene rings is 1. The zero-order chi connectivity index (χ0) is 17.1. The fraction of sp³-hybridized carbons (Fsp3) is 0.278. The summed E-state index contributed by atoms with van der Waals surface area (Å²) in [5.41, 5.74) is 2.27. The largest absolute Gasteiger partial charge is 0.337 e. The fourth-order valence-electron chi connectivity index (χ4n) is 2.68. The van der Waals surface area contributed by atoms with Gasteiger partial charge < -0.3 is 4.57 Å². The molecule has 6 nitrogen and oxygen atoms in total. The van der Waals surface area contributed by atoms with Gasteiger partial charge in [-0.2, -0.15) is 5.10 Å². The number of hydrogen-bond donors (Lipinski definition) is 0. The van der Waals surface area contributed by atoms with Crippen molar-refractivity contribution in [3.63, 3.8) is 0 Å². The van der Waals surface area contributed by atoms with Crippen LogP contribution in [0.25, 0.3) is 0 Å². The Morgan fingerprint density at radius 1 is 1.25 bits per heavy atom. The molecule has 6 heteroatoms. The predicted octanol–water partition coefficient (Wildman–Crippen LogP) is 2.79. The lowest BCUT2D eigenvalue weighted by Gasteiger charge is -2.22. The molecule has 1 aromatic carbocycles. The highest BCUT2D eigenvalue weighted by Crippen LogP contribution is 2.20. The van der Waals surface area contributed by atoms with Gasteiger partial charge in [-0.25, -0.2) is 4.98 Å². The van der Waals surface area contributed by atoms with Crippen molar-refractivity contribution < 1.29 is 4.79 Å². The van der Waals surface area contributed by atoms with Gasteiger partial charge in [0.05, 0.1) is 12.2 Å². The van der Waals surface area contributed by atoms with Crippen molar-refractivity contribution >= 4 is 11.6 Å². The molecule has 1 amide bonds. The molecule has 2 aromatic heterocycles. The average molecular weight is 323 g/mol. The molecule has 0 aliphatic carbocycles. The van der Waals surface area contributed by atoms with E-state index < -0.39 is 0 Å². The number of rotatable bonds is 5. The number of hydrogen-bond acceptors (Lipinski definition) is 3. The topological polar surface area (TPSA) is 56.0 Å². The number of amides is 1. The first-order chi connectivity index (χ1) is 11.6. The Labute approximate surface area is 141 Å². The first-order valence-electron chi connectivity index (χ1n) is 7.97. The molecule has 124 valence electrons. The van der Waals surface area contributed by atoms with Gasteiger partial charge in [-0.1, -0.05) is 18.2 Å². The number of carbonyl (C=O) groups is 1. The summed E-state index contributed by atoms with van der Waals surface area (Å²) in [6, 6.07) is 11.5. The minimum Gasteiger partial charge on any atom is -0.337 e. The molecule has 0 fully saturated rings. The van der Waals surface area contributed by atoms with E-state index in [9.17, 15) is 4.79 Å². The summed E-state index contributed by atoms with van der Waals surface area (Å²) in [6.07, 6.45) is 3.62. The minimum atomic E-state index is -0.0772. The third-order valence-electron chi connectivity index (χ3n) is 3.95. The van der Waals surface area contributed by atoms with Crippen LogP contribution in [-0.2, 0) is 20.1 Å². The third kappa shape index (κ3) is 3.08. The Balaban J connectivity index is 2.00. The number of aryl methyl sites for hydroxylation is 3. The number of para-hydroxylation sites is 1. The molecule has 0 saturated carbocycles. The van der Waals surface area contributed by atoms with Gasteiger partial charge in [-0.05, 0) is 32.0 Å². The molecule has 0 aliphatic rings. The van der Waals surface area contributed by atoms with Crippen LogP contribution in [0.1, 0.15) is 28.9 Å². The van der Waals surface area contributed by atoms with Crippen molar-refractivity contribution in [1.29, 1.82) is 0 Å². The first-order valence-corrected chi connectivity index (χ1v) is 7.97. The minimum absolute atomic E-state index is 0.0772. The van der Waals surface area contributed by atoms with Crippen LogP contribution in [0.2, 0.25) is 0 Å². The normalized spacial score (nSPS) is 10.8. The molecule has 3 aromatic rings. The second kappa shape index (κ2) is 6.70. The van der Waals surface area contributed by atoms with Gasteiger partial charge in [0.25, 0.3) is 5.91 Å². The predicted molar refractivity (Wildman–Crippen MR) is 92.8 cm³/mol. The van der Waals surface area contributed by atoms with Crippen molar-refractivity contribution in [1.82, 2.24) is 19.3 Å². The summed E-state index contributed by atoms with van der Waals surface area (Å²) in [5, 5.41) is 4.39. The van der Waals surface area contributed by atoms with Crippen LogP contribution >= 0.6 is 0 Å². The first kappa shape index (κ1) is 16.0. The summed E-state index contributed by atoms with van der Waals surface area (Å²) >= 11 is 0. The van der Waals surface area contributed by atoms with E-state index >= 15 is 0 Å². The molecule has 0 bridgehead atoms. The lowest BCUT2D eigenvalue weighted by molar-refractivity contribution is 0.0974. The highest BCUT2D eigenvalue weighted by Gasteiger charge is 2.23. The lowest BCUT2D eigenvalue weighted by atomic mass is 10.2. The van der Waals surface area contributed by atoms with Crippen LogP contribution < -0.4 is 4.90 Å². The summed E-state index contributed by atoms with van der Waals surface area (Å²) in [5.74, 6) is 0.748. The van der Waals surface area contributed by atoms with Crippen molar-refractivity contribution in [2.24, 2.45) is 7.05 Å². The Bertz CT molecular complexity index is 834. The molecule has 0 N–H and O–H groups in total. The molecular weight excluding hydrogens is 302 g/mol. The SMILES string of the molecule is CCn1nc(C)cc1C(=O)N(Cc1nccn1C)c1ccccc1. The van der Waals surface area contributed by atoms with Crippen LogP contribution in [-0.4, -0.2) is 25.2 Å². The summed E-state index contributed by atoms with van der Waals surface area (Å²) in [7, 11) is 1.93. The second-order valence-corrected chi connectivity index (χ2v) is 5.67. The fourth-order valence-corrected chi connectivity index (χ4v) is 2.68. The summed E-state index contributed by atoms with van der Waals surface area (Å²) < 4.78 is 3.66. The number of anilines is 1. The van der Waals surface area contributed by atoms with Gasteiger partial charge in [-0.3, -0.25) is 14.4 Å². The molecule has 0 spiro atoms. The Kier molecular flexibility index (Phi) is 4.46. The van der Waals surface area contributed by atoms with Crippen LogP contribution in [0.3, 0.4) is 0 Å². The van der Waals surface area contributed by atoms with E-state index in [2.05, 4.69) is 10.1 Å². The number of nitrogens with zero attached hydrogens (tertiary/aromatic N) is 5. The third-order valence-corrected chi connectivity index (χ3v) is 3.95. The summed E-state index contributed by atoms with van der Waals surface area (Å²) in [4.78, 5) is 19.3. The van der Waals surface area contributed by atoms with Gasteiger partial charge in [0.15, 0.2) is 0 Å². The molecule has 0 atom stereocenters. The van der Waals surface area contributed by atoms with Gasteiger partial charge in [0.2, 0.25) is 0 Å². The average Bonchev–Trinajstić information content (AvgIpc) is 3.18. The van der Waals surface area contributed by atoms with Gasteiger partial charge >= 0.3 is 0 Å². The van der Waals surface area contributed by atoms with Crippen LogP contribution in [0.5, 0.6) is 0 Å². The van der Waals surface area contributed by atoms with Crippen molar-refractivity contribution in [2.75, 3.05) is 4.90 Å². The standard InChI is InChI=1S/C18H21N5O/c1-4-23-16(12-14(2)20-23)18(24)22(15-8-6-5-7-9-15)13-17-19-10-11-21(17)3/h5-12H,4,13H2,1-3H3. The monoisotopic (exact) mass is 323 g/mol. The summed E-state index contributed by atoms with van der Waals surface area (Å²) in [6.45, 7) is 4.93. The molecule has 3 rings (SSSR count). The van der Waals surface area contributed by atoms with E-state index in [0.717, 1.165) is 17.2 Å². The van der Waals surface area contributed by atoms with E-state index in [1.165, 1.54) is 0 Å². The van der Waals surface area contributed by atoms with Crippen LogP contribution in [0.4, 0.5) is 5.69 Å². The van der Waals surface area contributed by atoms with E-state index in [1.54, 1.807) is 15.8 Å². The quantitative estimate of drug-likeness (QED) is 0.725. The van der Waals surface area contributed by atoms with Crippen molar-refractivity contribution in [3.05, 3.63) is 66.0 Å². The van der Waals surface area contributed by atoms with E-state index in [1.807, 2.05) is 68.1 Å². The maximum Gasteiger partial charge on any atom is 0.276 e. The lowest BCUT2D eigenvalue weighted by Crippen LogP contribution is -2.33. The highest BCUT2D eigenvalue weighted by molar-refractivity contribution is 6.04. The molecule has 0 aliphatic heterocycles. The van der Waals surface area contributed by atoms with E-state index in [0.29, 0.717) is 18.8 Å². The maximum atomic E-state index is 13.2. The Hall–Kier alpha value is -2.89. The van der Waals surface area contributed by atoms with Gasteiger partial charge in [0.1, 0.15) is 11.5 Å². The second-order valence-electron chi connectivity index (χ2n) is 5.67. The zero-order valence-electron chi connectivity index (χ0n) is 14.2. The molecule has 0 unspecified atom stereocenters. The van der Waals surface area contributed by atoms with E-state index in [-0.39, 0.29) is 5.91 Å². The maximum absolute atomic E-state index is 13.2. The molecule has 0 radical (unpaired) electrons. The van der Waals surface area contributed by atoms with Crippen LogP contribution in [0, 0.1) is 6.92 Å². The van der Waals surface area contributed by atoms with Gasteiger partial charge in [-0.15, -0.1) is 0 Å². The number of carbonyl (C=O) groups excluding carboxylic acids is 1. The highest BCUT2D eigenvalue weighted by atomic mass is 16.2. The zero-order valence-corrected chi connectivity index (χ0v) is 14.2. The van der Waals surface area contributed by atoms with Crippen LogP contribution in [0.15, 0.2) is 48.8 Å². The molecular formula is C18H21N5O. The molecule has 24 heavy (non-hydrogen) atoms. The number of imidazole rings is 1. The van der Waals surface area contributed by atoms with Crippen molar-refractivity contribution in [3.8, 4) is 0 Å². The molecule has 2 heterocycles. The van der Waals surface area contributed by atoms with E-state index in [4.69, 9.17) is 0 Å². The number of aromatic nitrogens is 4.